The molecule has 0 aromatic heterocycles. The van der Waals surface area contributed by atoms with Crippen molar-refractivity contribution in [3.8, 4) is 5.75 Å². The second kappa shape index (κ2) is 6.78. The molecular formula is C17H11BrFNO3S. The van der Waals surface area contributed by atoms with Gasteiger partial charge in [-0.2, -0.15) is 0 Å². The largest absolute Gasteiger partial charge is 0.507 e. The molecule has 4 nitrogen and oxygen atoms in total. The molecule has 24 heavy (non-hydrogen) atoms. The van der Waals surface area contributed by atoms with Crippen LogP contribution in [0.3, 0.4) is 0 Å². The summed E-state index contributed by atoms with van der Waals surface area (Å²) in [6, 6.07) is 10.5. The molecule has 0 aliphatic carbocycles. The number of aromatic hydroxyl groups is 1. The van der Waals surface area contributed by atoms with Gasteiger partial charge in [0.1, 0.15) is 11.6 Å². The summed E-state index contributed by atoms with van der Waals surface area (Å²) in [7, 11) is 0. The molecule has 0 saturated carbocycles. The van der Waals surface area contributed by atoms with Crippen LogP contribution >= 0.6 is 27.7 Å². The van der Waals surface area contributed by atoms with Crippen molar-refractivity contribution in [2.24, 2.45) is 0 Å². The quantitative estimate of drug-likeness (QED) is 0.759. The number of nitrogens with zero attached hydrogens (tertiary/aromatic N) is 1. The zero-order valence-electron chi connectivity index (χ0n) is 12.2. The van der Waals surface area contributed by atoms with E-state index in [1.54, 1.807) is 12.1 Å². The number of imide groups is 1. The molecule has 1 aliphatic rings. The number of hydrogen-bond donors (Lipinski definition) is 1. The number of rotatable bonds is 3. The zero-order valence-corrected chi connectivity index (χ0v) is 14.6. The molecule has 7 heteroatoms. The number of benzene rings is 2. The predicted octanol–water partition coefficient (Wildman–Crippen LogP) is 4.53. The number of halogens is 2. The van der Waals surface area contributed by atoms with Gasteiger partial charge in [0.25, 0.3) is 11.1 Å². The van der Waals surface area contributed by atoms with Crippen LogP contribution in [0.4, 0.5) is 9.18 Å². The molecule has 3 rings (SSSR count). The Bertz CT molecular complexity index is 851. The summed E-state index contributed by atoms with van der Waals surface area (Å²) in [6.45, 7) is 0.0761. The second-order valence-corrected chi connectivity index (χ2v) is 7.01. The van der Waals surface area contributed by atoms with Gasteiger partial charge in [0.15, 0.2) is 0 Å². The van der Waals surface area contributed by atoms with Crippen LogP contribution in [0.25, 0.3) is 6.08 Å². The second-order valence-electron chi connectivity index (χ2n) is 5.10. The molecule has 2 amide bonds. The number of hydrogen-bond acceptors (Lipinski definition) is 4. The highest BCUT2D eigenvalue weighted by Crippen LogP contribution is 2.35. The number of thioether (sulfide) groups is 1. The van der Waals surface area contributed by atoms with Crippen LogP contribution in [-0.4, -0.2) is 21.2 Å². The molecule has 122 valence electrons. The fourth-order valence-electron chi connectivity index (χ4n) is 2.19. The van der Waals surface area contributed by atoms with Crippen LogP contribution in [0.2, 0.25) is 0 Å². The predicted molar refractivity (Wildman–Crippen MR) is 93.7 cm³/mol. The summed E-state index contributed by atoms with van der Waals surface area (Å²) in [5.41, 5.74) is 1.10. The highest BCUT2D eigenvalue weighted by Gasteiger charge is 2.35. The Morgan fingerprint density at radius 2 is 1.88 bits per heavy atom. The van der Waals surface area contributed by atoms with Crippen LogP contribution in [0.5, 0.6) is 5.75 Å². The van der Waals surface area contributed by atoms with E-state index in [0.717, 1.165) is 21.1 Å². The first-order chi connectivity index (χ1) is 11.4. The van der Waals surface area contributed by atoms with Crippen LogP contribution in [0, 0.1) is 5.82 Å². The van der Waals surface area contributed by atoms with Crippen molar-refractivity contribution in [3.63, 3.8) is 0 Å². The first-order valence-electron chi connectivity index (χ1n) is 6.92. The van der Waals surface area contributed by atoms with Crippen LogP contribution < -0.4 is 0 Å². The van der Waals surface area contributed by atoms with Gasteiger partial charge in [-0.25, -0.2) is 4.39 Å². The molecule has 0 bridgehead atoms. The molecule has 1 aliphatic heterocycles. The van der Waals surface area contributed by atoms with Crippen molar-refractivity contribution >= 4 is 44.9 Å². The molecule has 1 N–H and O–H groups in total. The molecule has 2 aromatic carbocycles. The van der Waals surface area contributed by atoms with E-state index in [2.05, 4.69) is 15.9 Å². The summed E-state index contributed by atoms with van der Waals surface area (Å²) in [6.07, 6.45) is 1.48. The van der Waals surface area contributed by atoms with Crippen molar-refractivity contribution in [2.45, 2.75) is 6.54 Å². The SMILES string of the molecule is O=C1S/C(=C/c2cc(Br)ccc2O)C(=O)N1Cc1ccc(F)cc1. The summed E-state index contributed by atoms with van der Waals surface area (Å²) in [5.74, 6) is -0.796. The highest BCUT2D eigenvalue weighted by molar-refractivity contribution is 9.10. The van der Waals surface area contributed by atoms with E-state index >= 15 is 0 Å². The zero-order chi connectivity index (χ0) is 17.3. The Morgan fingerprint density at radius 3 is 2.58 bits per heavy atom. The van der Waals surface area contributed by atoms with E-state index in [-0.39, 0.29) is 23.0 Å². The molecule has 1 heterocycles. The Balaban J connectivity index is 1.84. The van der Waals surface area contributed by atoms with Gasteiger partial charge in [0, 0.05) is 10.0 Å². The highest BCUT2D eigenvalue weighted by atomic mass is 79.9. The lowest BCUT2D eigenvalue weighted by atomic mass is 10.2. The summed E-state index contributed by atoms with van der Waals surface area (Å²) in [5, 5.41) is 9.46. The Hall–Kier alpha value is -2.12. The smallest absolute Gasteiger partial charge is 0.293 e. The van der Waals surface area contributed by atoms with Crippen LogP contribution in [0.1, 0.15) is 11.1 Å². The molecule has 2 aromatic rings. The molecule has 0 atom stereocenters. The Labute approximate surface area is 150 Å². The fraction of sp³-hybridized carbons (Fsp3) is 0.0588. The summed E-state index contributed by atoms with van der Waals surface area (Å²) < 4.78 is 13.7. The number of phenolic OH excluding ortho intramolecular Hbond substituents is 1. The van der Waals surface area contributed by atoms with Crippen molar-refractivity contribution in [1.82, 2.24) is 4.90 Å². The number of phenols is 1. The average Bonchev–Trinajstić information content (AvgIpc) is 2.80. The topological polar surface area (TPSA) is 57.6 Å². The van der Waals surface area contributed by atoms with Gasteiger partial charge in [-0.05, 0) is 53.7 Å². The van der Waals surface area contributed by atoms with Crippen molar-refractivity contribution in [2.75, 3.05) is 0 Å². The first-order valence-corrected chi connectivity index (χ1v) is 8.53. The maximum Gasteiger partial charge on any atom is 0.293 e. The summed E-state index contributed by atoms with van der Waals surface area (Å²) >= 11 is 4.11. The van der Waals surface area contributed by atoms with Gasteiger partial charge in [0.05, 0.1) is 11.4 Å². The number of carbonyl (C=O) groups excluding carboxylic acids is 2. The number of amides is 2. The minimum atomic E-state index is -0.436. The van der Waals surface area contributed by atoms with Gasteiger partial charge in [-0.15, -0.1) is 0 Å². The van der Waals surface area contributed by atoms with Crippen molar-refractivity contribution < 1.29 is 19.1 Å². The van der Waals surface area contributed by atoms with E-state index in [9.17, 15) is 19.1 Å². The molecule has 0 radical (unpaired) electrons. The van der Waals surface area contributed by atoms with Crippen molar-refractivity contribution in [1.29, 1.82) is 0 Å². The third-order valence-electron chi connectivity index (χ3n) is 3.40. The van der Waals surface area contributed by atoms with Crippen LogP contribution in [0.15, 0.2) is 51.8 Å². The fourth-order valence-corrected chi connectivity index (χ4v) is 3.40. The maximum absolute atomic E-state index is 12.9. The van der Waals surface area contributed by atoms with Gasteiger partial charge in [-0.1, -0.05) is 28.1 Å². The first kappa shape index (κ1) is 16.7. The van der Waals surface area contributed by atoms with Gasteiger partial charge >= 0.3 is 0 Å². The van der Waals surface area contributed by atoms with E-state index in [0.29, 0.717) is 11.1 Å². The third-order valence-corrected chi connectivity index (χ3v) is 4.80. The van der Waals surface area contributed by atoms with Crippen LogP contribution in [-0.2, 0) is 11.3 Å². The van der Waals surface area contributed by atoms with E-state index in [4.69, 9.17) is 0 Å². The minimum absolute atomic E-state index is 0.0172. The maximum atomic E-state index is 12.9. The lowest BCUT2D eigenvalue weighted by Gasteiger charge is -2.12. The third kappa shape index (κ3) is 3.52. The van der Waals surface area contributed by atoms with E-state index in [1.807, 2.05) is 0 Å². The van der Waals surface area contributed by atoms with Crippen molar-refractivity contribution in [3.05, 3.63) is 68.8 Å². The standard InChI is InChI=1S/C17H11BrFNO3S/c18-12-3-6-14(21)11(7-12)8-15-16(22)20(17(23)24-15)9-10-1-4-13(19)5-2-10/h1-8,21H,9H2/b15-8+. The lowest BCUT2D eigenvalue weighted by Crippen LogP contribution is -2.27. The molecule has 1 fully saturated rings. The molecule has 0 spiro atoms. The minimum Gasteiger partial charge on any atom is -0.507 e. The molecule has 0 unspecified atom stereocenters. The normalized spacial score (nSPS) is 16.2. The monoisotopic (exact) mass is 407 g/mol. The van der Waals surface area contributed by atoms with E-state index in [1.165, 1.54) is 36.4 Å². The molecule has 1 saturated heterocycles. The lowest BCUT2D eigenvalue weighted by molar-refractivity contribution is -0.123. The number of carbonyl (C=O) groups is 2. The van der Waals surface area contributed by atoms with Gasteiger partial charge < -0.3 is 5.11 Å². The Kier molecular flexibility index (Phi) is 4.73. The van der Waals surface area contributed by atoms with E-state index < -0.39 is 11.1 Å². The van der Waals surface area contributed by atoms with Gasteiger partial charge in [-0.3, -0.25) is 14.5 Å². The average molecular weight is 408 g/mol. The molecular weight excluding hydrogens is 397 g/mol. The van der Waals surface area contributed by atoms with Gasteiger partial charge in [0.2, 0.25) is 0 Å². The Morgan fingerprint density at radius 1 is 1.17 bits per heavy atom. The summed E-state index contributed by atoms with van der Waals surface area (Å²) in [4.78, 5) is 25.9.